The van der Waals surface area contributed by atoms with Crippen LogP contribution in [0, 0.1) is 0 Å². The van der Waals surface area contributed by atoms with E-state index >= 15 is 0 Å². The molecule has 0 bridgehead atoms. The average Bonchev–Trinajstić information content (AvgIpc) is 2.86. The molecule has 10 nitrogen and oxygen atoms in total. The fourth-order valence-corrected chi connectivity index (χ4v) is 5.94. The molecule has 11 heteroatoms. The van der Waals surface area contributed by atoms with Gasteiger partial charge < -0.3 is 19.7 Å². The van der Waals surface area contributed by atoms with E-state index in [0.717, 1.165) is 29.8 Å². The summed E-state index contributed by atoms with van der Waals surface area (Å²) >= 11 is 0. The van der Waals surface area contributed by atoms with Crippen LogP contribution in [0.25, 0.3) is 10.9 Å². The van der Waals surface area contributed by atoms with Gasteiger partial charge in [0, 0.05) is 44.6 Å². The Hall–Kier alpha value is -3.18. The molecule has 0 spiro atoms. The third kappa shape index (κ3) is 5.25. The Labute approximate surface area is 204 Å². The number of H-pyrrole nitrogens is 1. The first-order valence-electron chi connectivity index (χ1n) is 11.7. The number of rotatable bonds is 10. The van der Waals surface area contributed by atoms with Gasteiger partial charge >= 0.3 is 0 Å². The Morgan fingerprint density at radius 3 is 2.83 bits per heavy atom. The first-order valence-corrected chi connectivity index (χ1v) is 13.3. The van der Waals surface area contributed by atoms with Crippen LogP contribution in [0.1, 0.15) is 30.9 Å². The van der Waals surface area contributed by atoms with Gasteiger partial charge in [-0.3, -0.25) is 9.78 Å². The third-order valence-electron chi connectivity index (χ3n) is 6.11. The van der Waals surface area contributed by atoms with E-state index in [1.807, 2.05) is 17.9 Å². The number of nitrogens with zero attached hydrogens (tertiary/aromatic N) is 3. The SMILES string of the molecule is CCCCS(=O)(=O)c1cc(OC)cc2nc(N3CCc4c(ccnc4NCCOC)C3)[nH]c(=O)c12. The number of methoxy groups -OCH3 is 2. The van der Waals surface area contributed by atoms with Crippen molar-refractivity contribution in [2.24, 2.45) is 0 Å². The summed E-state index contributed by atoms with van der Waals surface area (Å²) in [5.74, 6) is 1.54. The van der Waals surface area contributed by atoms with Crippen molar-refractivity contribution in [3.05, 3.63) is 45.9 Å². The monoisotopic (exact) mass is 501 g/mol. The van der Waals surface area contributed by atoms with Crippen LogP contribution >= 0.6 is 0 Å². The fraction of sp³-hybridized carbons (Fsp3) is 0.458. The predicted octanol–water partition coefficient (Wildman–Crippen LogP) is 2.52. The standard InChI is InChI=1S/C24H31N5O5S/c1-4-5-12-35(31,32)20-14-17(34-3)13-19-21(20)23(30)28-24(27-19)29-10-7-18-16(15-29)6-8-25-22(18)26-9-11-33-2/h6,8,13-14H,4-5,7,9-12,15H2,1-3H3,(H,25,26)(H,27,28,30). The molecule has 1 aliphatic rings. The summed E-state index contributed by atoms with van der Waals surface area (Å²) in [4.78, 5) is 27.0. The largest absolute Gasteiger partial charge is 0.497 e. The first-order chi connectivity index (χ1) is 16.9. The quantitative estimate of drug-likeness (QED) is 0.403. The third-order valence-corrected chi connectivity index (χ3v) is 7.93. The molecule has 4 rings (SSSR count). The Morgan fingerprint density at radius 1 is 1.26 bits per heavy atom. The molecule has 3 aromatic rings. The molecule has 0 amide bonds. The van der Waals surface area contributed by atoms with Gasteiger partial charge in [0.2, 0.25) is 5.95 Å². The second kappa shape index (κ2) is 10.6. The van der Waals surface area contributed by atoms with E-state index in [-0.39, 0.29) is 16.0 Å². The van der Waals surface area contributed by atoms with Crippen LogP contribution in [-0.4, -0.2) is 63.0 Å². The number of unbranched alkanes of at least 4 members (excludes halogenated alkanes) is 1. The van der Waals surface area contributed by atoms with Crippen molar-refractivity contribution in [2.75, 3.05) is 49.9 Å². The molecule has 0 radical (unpaired) electrons. The normalized spacial score (nSPS) is 13.6. The minimum absolute atomic E-state index is 0.0371. The molecule has 35 heavy (non-hydrogen) atoms. The van der Waals surface area contributed by atoms with E-state index in [9.17, 15) is 13.2 Å². The molecule has 1 aromatic carbocycles. The Bertz CT molecular complexity index is 1370. The molecule has 2 N–H and O–H groups in total. The zero-order valence-electron chi connectivity index (χ0n) is 20.3. The van der Waals surface area contributed by atoms with Crippen LogP contribution in [0.15, 0.2) is 34.1 Å². The number of pyridine rings is 1. The molecule has 2 aromatic heterocycles. The Balaban J connectivity index is 1.71. The van der Waals surface area contributed by atoms with Gasteiger partial charge in [-0.05, 0) is 30.5 Å². The fourth-order valence-electron chi connectivity index (χ4n) is 4.25. The summed E-state index contributed by atoms with van der Waals surface area (Å²) < 4.78 is 36.5. The molecule has 0 unspecified atom stereocenters. The van der Waals surface area contributed by atoms with Gasteiger partial charge in [-0.25, -0.2) is 18.4 Å². The lowest BCUT2D eigenvalue weighted by atomic mass is 10.0. The van der Waals surface area contributed by atoms with E-state index < -0.39 is 15.4 Å². The molecule has 0 saturated carbocycles. The zero-order valence-corrected chi connectivity index (χ0v) is 21.1. The molecule has 0 fully saturated rings. The lowest BCUT2D eigenvalue weighted by Gasteiger charge is -2.30. The number of sulfone groups is 1. The maximum Gasteiger partial charge on any atom is 0.261 e. The molecule has 0 saturated heterocycles. The minimum Gasteiger partial charge on any atom is -0.497 e. The number of aromatic nitrogens is 3. The predicted molar refractivity (Wildman–Crippen MR) is 135 cm³/mol. The van der Waals surface area contributed by atoms with Crippen molar-refractivity contribution in [1.82, 2.24) is 15.0 Å². The first kappa shape index (κ1) is 24.9. The van der Waals surface area contributed by atoms with Crippen molar-refractivity contribution in [2.45, 2.75) is 37.6 Å². The van der Waals surface area contributed by atoms with Crippen LogP contribution in [-0.2, 0) is 27.5 Å². The van der Waals surface area contributed by atoms with Crippen LogP contribution in [0.4, 0.5) is 11.8 Å². The van der Waals surface area contributed by atoms with Crippen LogP contribution in [0.3, 0.4) is 0 Å². The number of fused-ring (bicyclic) bond motifs is 2. The maximum atomic E-state index is 13.2. The molecule has 0 atom stereocenters. The Morgan fingerprint density at radius 2 is 2.09 bits per heavy atom. The van der Waals surface area contributed by atoms with Crippen molar-refractivity contribution < 1.29 is 17.9 Å². The van der Waals surface area contributed by atoms with Gasteiger partial charge in [-0.1, -0.05) is 13.3 Å². The van der Waals surface area contributed by atoms with Gasteiger partial charge in [0.25, 0.3) is 5.56 Å². The highest BCUT2D eigenvalue weighted by Crippen LogP contribution is 2.30. The summed E-state index contributed by atoms with van der Waals surface area (Å²) in [5.41, 5.74) is 2.03. The van der Waals surface area contributed by atoms with E-state index in [0.29, 0.717) is 49.9 Å². The summed E-state index contributed by atoms with van der Waals surface area (Å²) in [6.07, 6.45) is 3.71. The average molecular weight is 502 g/mol. The summed E-state index contributed by atoms with van der Waals surface area (Å²) in [7, 11) is -0.552. The highest BCUT2D eigenvalue weighted by Gasteiger charge is 2.25. The van der Waals surface area contributed by atoms with E-state index in [1.165, 1.54) is 13.2 Å². The number of ether oxygens (including phenoxy) is 2. The van der Waals surface area contributed by atoms with Gasteiger partial charge in [0.1, 0.15) is 11.6 Å². The van der Waals surface area contributed by atoms with Gasteiger partial charge in [0.05, 0.1) is 35.3 Å². The number of nitrogens with one attached hydrogen (secondary N) is 2. The van der Waals surface area contributed by atoms with Crippen LogP contribution in [0.5, 0.6) is 5.75 Å². The Kier molecular flexibility index (Phi) is 7.56. The summed E-state index contributed by atoms with van der Waals surface area (Å²) in [6.45, 7) is 4.33. The van der Waals surface area contributed by atoms with Crippen molar-refractivity contribution in [1.29, 1.82) is 0 Å². The summed E-state index contributed by atoms with van der Waals surface area (Å²) in [6, 6.07) is 4.97. The van der Waals surface area contributed by atoms with Crippen molar-refractivity contribution in [3.63, 3.8) is 0 Å². The van der Waals surface area contributed by atoms with Gasteiger partial charge in [-0.15, -0.1) is 0 Å². The summed E-state index contributed by atoms with van der Waals surface area (Å²) in [5, 5.41) is 3.38. The highest BCUT2D eigenvalue weighted by atomic mass is 32.2. The molecule has 0 aliphatic carbocycles. The molecular weight excluding hydrogens is 470 g/mol. The van der Waals surface area contributed by atoms with Crippen molar-refractivity contribution >= 4 is 32.5 Å². The number of anilines is 2. The highest BCUT2D eigenvalue weighted by molar-refractivity contribution is 7.91. The zero-order chi connectivity index (χ0) is 25.0. The van der Waals surface area contributed by atoms with Crippen LogP contribution < -0.4 is 20.5 Å². The van der Waals surface area contributed by atoms with E-state index in [4.69, 9.17) is 9.47 Å². The maximum absolute atomic E-state index is 13.2. The lowest BCUT2D eigenvalue weighted by molar-refractivity contribution is 0.210. The van der Waals surface area contributed by atoms with Gasteiger partial charge in [0.15, 0.2) is 9.84 Å². The number of hydrogen-bond donors (Lipinski definition) is 2. The molecule has 188 valence electrons. The minimum atomic E-state index is -3.67. The second-order valence-electron chi connectivity index (χ2n) is 8.47. The molecular formula is C24H31N5O5S. The number of hydrogen-bond acceptors (Lipinski definition) is 9. The number of benzene rings is 1. The van der Waals surface area contributed by atoms with Crippen LogP contribution in [0.2, 0.25) is 0 Å². The molecule has 1 aliphatic heterocycles. The topological polar surface area (TPSA) is 127 Å². The second-order valence-corrected chi connectivity index (χ2v) is 10.5. The lowest BCUT2D eigenvalue weighted by Crippen LogP contribution is -2.34. The number of aromatic amines is 1. The van der Waals surface area contributed by atoms with Gasteiger partial charge in [-0.2, -0.15) is 0 Å². The van der Waals surface area contributed by atoms with E-state index in [2.05, 4.69) is 20.3 Å². The molecule has 3 heterocycles. The van der Waals surface area contributed by atoms with Crippen molar-refractivity contribution in [3.8, 4) is 5.75 Å². The van der Waals surface area contributed by atoms with E-state index in [1.54, 1.807) is 19.4 Å². The smallest absolute Gasteiger partial charge is 0.261 e.